The van der Waals surface area contributed by atoms with Crippen LogP contribution in [0.1, 0.15) is 18.3 Å². The Hall–Kier alpha value is -1.79. The minimum Gasteiger partial charge on any atom is -0.385 e. The lowest BCUT2D eigenvalue weighted by Crippen LogP contribution is -2.14. The number of hydrogen-bond donors (Lipinski definition) is 2. The Balaban J connectivity index is 2.11. The number of aromatic nitrogens is 4. The van der Waals surface area contributed by atoms with Crippen LogP contribution in [0.3, 0.4) is 0 Å². The van der Waals surface area contributed by atoms with Crippen LogP contribution in [-0.4, -0.2) is 33.7 Å². The fourth-order valence-corrected chi connectivity index (χ4v) is 1.47. The summed E-state index contributed by atoms with van der Waals surface area (Å²) in [6.45, 7) is 0.613. The van der Waals surface area contributed by atoms with E-state index in [1.165, 1.54) is 0 Å². The van der Waals surface area contributed by atoms with Crippen molar-refractivity contribution in [2.24, 2.45) is 5.73 Å². The summed E-state index contributed by atoms with van der Waals surface area (Å²) in [5.74, 6) is 0.739. The van der Waals surface area contributed by atoms with Crippen LogP contribution in [0.15, 0.2) is 24.8 Å². The standard InChI is InChI=1S/C11H15N5O/c1-17-5-2-8(12)11-15-7-10(16-11)9-6-13-3-4-14-9/h3-4,6-8H,2,5,12H2,1H3,(H,15,16). The average molecular weight is 233 g/mol. The van der Waals surface area contributed by atoms with E-state index in [0.29, 0.717) is 6.61 Å². The summed E-state index contributed by atoms with van der Waals surface area (Å²) in [7, 11) is 1.65. The molecular weight excluding hydrogens is 218 g/mol. The number of rotatable bonds is 5. The molecule has 1 unspecified atom stereocenters. The minimum absolute atomic E-state index is 0.152. The van der Waals surface area contributed by atoms with Gasteiger partial charge >= 0.3 is 0 Å². The number of nitrogens with zero attached hydrogens (tertiary/aromatic N) is 3. The summed E-state index contributed by atoms with van der Waals surface area (Å²) < 4.78 is 4.98. The van der Waals surface area contributed by atoms with Crippen molar-refractivity contribution < 1.29 is 4.74 Å². The first-order valence-electron chi connectivity index (χ1n) is 5.37. The lowest BCUT2D eigenvalue weighted by molar-refractivity contribution is 0.187. The first kappa shape index (κ1) is 11.7. The molecule has 0 aliphatic rings. The number of nitrogens with two attached hydrogens (primary N) is 1. The van der Waals surface area contributed by atoms with Gasteiger partial charge in [0.05, 0.1) is 24.1 Å². The van der Waals surface area contributed by atoms with Gasteiger partial charge in [-0.15, -0.1) is 0 Å². The van der Waals surface area contributed by atoms with Crippen LogP contribution < -0.4 is 5.73 Å². The highest BCUT2D eigenvalue weighted by Gasteiger charge is 2.11. The fourth-order valence-electron chi connectivity index (χ4n) is 1.47. The average Bonchev–Trinajstić information content (AvgIpc) is 2.86. The molecule has 0 aromatic carbocycles. The smallest absolute Gasteiger partial charge is 0.123 e. The van der Waals surface area contributed by atoms with Crippen molar-refractivity contribution in [3.63, 3.8) is 0 Å². The van der Waals surface area contributed by atoms with E-state index in [-0.39, 0.29) is 6.04 Å². The molecule has 17 heavy (non-hydrogen) atoms. The van der Waals surface area contributed by atoms with Gasteiger partial charge in [0.2, 0.25) is 0 Å². The SMILES string of the molecule is COCCC(N)c1ncc(-c2cnccn2)[nH]1. The van der Waals surface area contributed by atoms with Crippen molar-refractivity contribution >= 4 is 0 Å². The summed E-state index contributed by atoms with van der Waals surface area (Å²) in [4.78, 5) is 15.6. The lowest BCUT2D eigenvalue weighted by atomic mass is 10.2. The number of aromatic amines is 1. The van der Waals surface area contributed by atoms with Gasteiger partial charge in [-0.05, 0) is 6.42 Å². The van der Waals surface area contributed by atoms with Gasteiger partial charge in [-0.25, -0.2) is 4.98 Å². The van der Waals surface area contributed by atoms with Crippen molar-refractivity contribution in [2.75, 3.05) is 13.7 Å². The molecule has 0 fully saturated rings. The van der Waals surface area contributed by atoms with Crippen LogP contribution in [0.2, 0.25) is 0 Å². The molecule has 0 aliphatic heterocycles. The molecule has 2 aromatic rings. The van der Waals surface area contributed by atoms with Gasteiger partial charge in [-0.2, -0.15) is 0 Å². The molecule has 3 N–H and O–H groups in total. The normalized spacial score (nSPS) is 12.6. The molecule has 0 saturated heterocycles. The highest BCUT2D eigenvalue weighted by Crippen LogP contribution is 2.16. The molecule has 1 atom stereocenters. The summed E-state index contributed by atoms with van der Waals surface area (Å²) in [6.07, 6.45) is 7.39. The molecule has 6 heteroatoms. The van der Waals surface area contributed by atoms with E-state index in [0.717, 1.165) is 23.6 Å². The van der Waals surface area contributed by atoms with E-state index in [4.69, 9.17) is 10.5 Å². The Morgan fingerprint density at radius 3 is 2.94 bits per heavy atom. The molecule has 0 amide bonds. The topological polar surface area (TPSA) is 89.7 Å². The van der Waals surface area contributed by atoms with E-state index in [9.17, 15) is 0 Å². The molecule has 0 spiro atoms. The minimum atomic E-state index is -0.152. The van der Waals surface area contributed by atoms with Gasteiger partial charge < -0.3 is 15.5 Å². The maximum Gasteiger partial charge on any atom is 0.123 e. The zero-order valence-electron chi connectivity index (χ0n) is 9.63. The molecule has 90 valence electrons. The fraction of sp³-hybridized carbons (Fsp3) is 0.364. The zero-order chi connectivity index (χ0) is 12.1. The maximum atomic E-state index is 5.96. The summed E-state index contributed by atoms with van der Waals surface area (Å²) in [5, 5.41) is 0. The monoisotopic (exact) mass is 233 g/mol. The largest absolute Gasteiger partial charge is 0.385 e. The van der Waals surface area contributed by atoms with Crippen LogP contribution in [0.25, 0.3) is 11.4 Å². The Bertz CT molecular complexity index is 456. The summed E-state index contributed by atoms with van der Waals surface area (Å²) in [6, 6.07) is -0.152. The second-order valence-corrected chi connectivity index (χ2v) is 3.66. The highest BCUT2D eigenvalue weighted by molar-refractivity contribution is 5.51. The van der Waals surface area contributed by atoms with Gasteiger partial charge in [-0.1, -0.05) is 0 Å². The van der Waals surface area contributed by atoms with Crippen LogP contribution >= 0.6 is 0 Å². The highest BCUT2D eigenvalue weighted by atomic mass is 16.5. The molecule has 2 heterocycles. The molecular formula is C11H15N5O. The van der Waals surface area contributed by atoms with Gasteiger partial charge in [0.15, 0.2) is 0 Å². The van der Waals surface area contributed by atoms with Crippen LogP contribution in [0.4, 0.5) is 0 Å². The second-order valence-electron chi connectivity index (χ2n) is 3.66. The van der Waals surface area contributed by atoms with E-state index < -0.39 is 0 Å². The maximum absolute atomic E-state index is 5.96. The molecule has 6 nitrogen and oxygen atoms in total. The van der Waals surface area contributed by atoms with Crippen LogP contribution in [0.5, 0.6) is 0 Å². The van der Waals surface area contributed by atoms with Crippen molar-refractivity contribution in [3.05, 3.63) is 30.6 Å². The third kappa shape index (κ3) is 2.86. The first-order valence-corrected chi connectivity index (χ1v) is 5.37. The lowest BCUT2D eigenvalue weighted by Gasteiger charge is -2.07. The Morgan fingerprint density at radius 1 is 1.35 bits per heavy atom. The second kappa shape index (κ2) is 5.51. The van der Waals surface area contributed by atoms with Gasteiger partial charge in [0.1, 0.15) is 11.5 Å². The first-order chi connectivity index (χ1) is 8.31. The molecule has 0 saturated carbocycles. The van der Waals surface area contributed by atoms with E-state index in [1.54, 1.807) is 31.9 Å². The molecule has 0 bridgehead atoms. The Morgan fingerprint density at radius 2 is 2.24 bits per heavy atom. The van der Waals surface area contributed by atoms with Crippen LogP contribution in [-0.2, 0) is 4.74 Å². The molecule has 2 aromatic heterocycles. The third-order valence-electron chi connectivity index (χ3n) is 2.42. The molecule has 0 radical (unpaired) electrons. The van der Waals surface area contributed by atoms with Crippen molar-refractivity contribution in [1.29, 1.82) is 0 Å². The number of imidazole rings is 1. The summed E-state index contributed by atoms with van der Waals surface area (Å²) in [5.41, 5.74) is 7.54. The van der Waals surface area contributed by atoms with E-state index in [1.807, 2.05) is 0 Å². The molecule has 2 rings (SSSR count). The van der Waals surface area contributed by atoms with Crippen molar-refractivity contribution in [3.8, 4) is 11.4 Å². The summed E-state index contributed by atoms with van der Waals surface area (Å²) >= 11 is 0. The van der Waals surface area contributed by atoms with E-state index in [2.05, 4.69) is 19.9 Å². The number of H-pyrrole nitrogens is 1. The number of methoxy groups -OCH3 is 1. The number of nitrogens with one attached hydrogen (secondary N) is 1. The van der Waals surface area contributed by atoms with Gasteiger partial charge in [-0.3, -0.25) is 9.97 Å². The van der Waals surface area contributed by atoms with Crippen molar-refractivity contribution in [2.45, 2.75) is 12.5 Å². The zero-order valence-corrected chi connectivity index (χ0v) is 9.63. The predicted molar refractivity (Wildman–Crippen MR) is 63.0 cm³/mol. The van der Waals surface area contributed by atoms with Crippen molar-refractivity contribution in [1.82, 2.24) is 19.9 Å². The van der Waals surface area contributed by atoms with Gasteiger partial charge in [0, 0.05) is 26.1 Å². The number of ether oxygens (including phenoxy) is 1. The van der Waals surface area contributed by atoms with Crippen LogP contribution in [0, 0.1) is 0 Å². The quantitative estimate of drug-likeness (QED) is 0.801. The van der Waals surface area contributed by atoms with E-state index >= 15 is 0 Å². The molecule has 0 aliphatic carbocycles. The Labute approximate surface area is 99.3 Å². The number of hydrogen-bond acceptors (Lipinski definition) is 5. The Kier molecular flexibility index (Phi) is 3.79. The van der Waals surface area contributed by atoms with Gasteiger partial charge in [0.25, 0.3) is 0 Å². The predicted octanol–water partition coefficient (Wildman–Crippen LogP) is 0.903. The third-order valence-corrected chi connectivity index (χ3v) is 2.42.